The number of benzene rings is 1. The number of halogens is 1. The number of anilines is 2. The van der Waals surface area contributed by atoms with Crippen LogP contribution in [0.25, 0.3) is 0 Å². The Bertz CT molecular complexity index is 1060. The van der Waals surface area contributed by atoms with E-state index in [1.54, 1.807) is 37.1 Å². The molecule has 10 heteroatoms. The molecule has 28 heavy (non-hydrogen) atoms. The summed E-state index contributed by atoms with van der Waals surface area (Å²) in [5.41, 5.74) is 2.22. The number of nitrogens with zero attached hydrogens (tertiary/aromatic N) is 4. The molecular weight excluding hydrogens is 400 g/mol. The number of thioether (sulfide) groups is 1. The fourth-order valence-electron chi connectivity index (χ4n) is 2.60. The van der Waals surface area contributed by atoms with Crippen molar-refractivity contribution in [2.45, 2.75) is 11.8 Å². The van der Waals surface area contributed by atoms with Gasteiger partial charge in [0.25, 0.3) is 11.8 Å². The van der Waals surface area contributed by atoms with Crippen molar-refractivity contribution in [3.8, 4) is 0 Å². The lowest BCUT2D eigenvalue weighted by molar-refractivity contribution is 0.101. The SMILES string of the molecule is CSc1ccc(Cl)c(C(=O)Nc2cnn(C)c2C(=O)Nc2cnn(C)c2C)c1. The van der Waals surface area contributed by atoms with Crippen LogP contribution in [-0.2, 0) is 14.1 Å². The fourth-order valence-corrected chi connectivity index (χ4v) is 3.24. The van der Waals surface area contributed by atoms with Crippen LogP contribution in [0.5, 0.6) is 0 Å². The van der Waals surface area contributed by atoms with Crippen molar-refractivity contribution in [1.29, 1.82) is 0 Å². The smallest absolute Gasteiger partial charge is 0.276 e. The van der Waals surface area contributed by atoms with Crippen LogP contribution in [0.1, 0.15) is 26.5 Å². The maximum Gasteiger partial charge on any atom is 0.276 e. The molecule has 0 bridgehead atoms. The molecule has 0 saturated heterocycles. The Labute approximate surface area is 171 Å². The van der Waals surface area contributed by atoms with Crippen molar-refractivity contribution in [3.05, 3.63) is 52.6 Å². The second kappa shape index (κ2) is 8.07. The Hall–Kier alpha value is -2.78. The minimum absolute atomic E-state index is 0.216. The summed E-state index contributed by atoms with van der Waals surface area (Å²) in [6.45, 7) is 1.84. The number of nitrogens with one attached hydrogen (secondary N) is 2. The quantitative estimate of drug-likeness (QED) is 0.620. The van der Waals surface area contributed by atoms with Gasteiger partial charge in [-0.3, -0.25) is 19.0 Å². The number of rotatable bonds is 5. The van der Waals surface area contributed by atoms with Gasteiger partial charge in [0.1, 0.15) is 5.69 Å². The lowest BCUT2D eigenvalue weighted by Gasteiger charge is -2.10. The van der Waals surface area contributed by atoms with Crippen LogP contribution in [0.4, 0.5) is 11.4 Å². The van der Waals surface area contributed by atoms with E-state index in [0.29, 0.717) is 16.3 Å². The van der Waals surface area contributed by atoms with E-state index in [1.165, 1.54) is 22.6 Å². The number of hydrogen-bond donors (Lipinski definition) is 2. The Morgan fingerprint density at radius 1 is 1.04 bits per heavy atom. The zero-order valence-corrected chi connectivity index (χ0v) is 17.4. The summed E-state index contributed by atoms with van der Waals surface area (Å²) in [4.78, 5) is 26.4. The first-order valence-corrected chi connectivity index (χ1v) is 9.89. The van der Waals surface area contributed by atoms with Gasteiger partial charge in [0.15, 0.2) is 0 Å². The van der Waals surface area contributed by atoms with Gasteiger partial charge in [-0.1, -0.05) is 11.6 Å². The second-order valence-corrected chi connectivity index (χ2v) is 7.34. The lowest BCUT2D eigenvalue weighted by atomic mass is 10.2. The third kappa shape index (κ3) is 3.90. The maximum atomic E-state index is 12.8. The summed E-state index contributed by atoms with van der Waals surface area (Å²) in [6.07, 6.45) is 4.90. The van der Waals surface area contributed by atoms with Crippen LogP contribution in [0.15, 0.2) is 35.5 Å². The van der Waals surface area contributed by atoms with Gasteiger partial charge in [-0.15, -0.1) is 11.8 Å². The fraction of sp³-hybridized carbons (Fsp3) is 0.222. The number of carbonyl (C=O) groups excluding carboxylic acids is 2. The Morgan fingerprint density at radius 3 is 2.32 bits per heavy atom. The van der Waals surface area contributed by atoms with Crippen LogP contribution in [0, 0.1) is 6.92 Å². The highest BCUT2D eigenvalue weighted by Gasteiger charge is 2.21. The van der Waals surface area contributed by atoms with Crippen LogP contribution >= 0.6 is 23.4 Å². The van der Waals surface area contributed by atoms with Gasteiger partial charge in [0, 0.05) is 19.0 Å². The van der Waals surface area contributed by atoms with Crippen molar-refractivity contribution in [1.82, 2.24) is 19.6 Å². The number of carbonyl (C=O) groups is 2. The predicted molar refractivity (Wildman–Crippen MR) is 110 cm³/mol. The van der Waals surface area contributed by atoms with Gasteiger partial charge >= 0.3 is 0 Å². The highest BCUT2D eigenvalue weighted by Crippen LogP contribution is 2.25. The molecular formula is C18H19ClN6O2S. The third-order valence-corrected chi connectivity index (χ3v) is 5.36. The summed E-state index contributed by atoms with van der Waals surface area (Å²) < 4.78 is 3.05. The highest BCUT2D eigenvalue weighted by molar-refractivity contribution is 7.98. The van der Waals surface area contributed by atoms with E-state index in [0.717, 1.165) is 10.6 Å². The molecule has 2 aromatic heterocycles. The molecule has 3 aromatic rings. The Morgan fingerprint density at radius 2 is 1.68 bits per heavy atom. The minimum Gasteiger partial charge on any atom is -0.319 e. The second-order valence-electron chi connectivity index (χ2n) is 6.05. The molecule has 146 valence electrons. The molecule has 1 aromatic carbocycles. The molecule has 2 heterocycles. The summed E-state index contributed by atoms with van der Waals surface area (Å²) in [5, 5.41) is 14.0. The van der Waals surface area contributed by atoms with E-state index in [2.05, 4.69) is 20.8 Å². The molecule has 2 amide bonds. The summed E-state index contributed by atoms with van der Waals surface area (Å²) in [6, 6.07) is 5.21. The molecule has 0 saturated carbocycles. The van der Waals surface area contributed by atoms with Crippen molar-refractivity contribution < 1.29 is 9.59 Å². The normalized spacial score (nSPS) is 10.8. The van der Waals surface area contributed by atoms with Crippen molar-refractivity contribution in [3.63, 3.8) is 0 Å². The summed E-state index contributed by atoms with van der Waals surface area (Å²) in [5.74, 6) is -0.823. The molecule has 2 N–H and O–H groups in total. The topological polar surface area (TPSA) is 93.8 Å². The molecule has 0 unspecified atom stereocenters. The molecule has 0 atom stereocenters. The third-order valence-electron chi connectivity index (χ3n) is 4.30. The first-order chi connectivity index (χ1) is 13.3. The van der Waals surface area contributed by atoms with E-state index >= 15 is 0 Å². The van der Waals surface area contributed by atoms with Gasteiger partial charge in [-0.2, -0.15) is 10.2 Å². The number of aromatic nitrogens is 4. The maximum absolute atomic E-state index is 12.8. The van der Waals surface area contributed by atoms with E-state index in [9.17, 15) is 9.59 Å². The van der Waals surface area contributed by atoms with E-state index in [4.69, 9.17) is 11.6 Å². The molecule has 0 fully saturated rings. The summed E-state index contributed by atoms with van der Waals surface area (Å²) >= 11 is 7.67. The summed E-state index contributed by atoms with van der Waals surface area (Å²) in [7, 11) is 3.41. The predicted octanol–water partition coefficient (Wildman–Crippen LogP) is 3.34. The monoisotopic (exact) mass is 418 g/mol. The first kappa shape index (κ1) is 20.0. The molecule has 0 aliphatic carbocycles. The minimum atomic E-state index is -0.416. The van der Waals surface area contributed by atoms with Crippen molar-refractivity contribution in [2.24, 2.45) is 14.1 Å². The van der Waals surface area contributed by atoms with E-state index < -0.39 is 11.8 Å². The van der Waals surface area contributed by atoms with Crippen LogP contribution in [-0.4, -0.2) is 37.6 Å². The zero-order valence-electron chi connectivity index (χ0n) is 15.8. The van der Waals surface area contributed by atoms with Gasteiger partial charge in [-0.25, -0.2) is 0 Å². The van der Waals surface area contributed by atoms with Crippen LogP contribution in [0.3, 0.4) is 0 Å². The molecule has 0 radical (unpaired) electrons. The number of amides is 2. The van der Waals surface area contributed by atoms with Gasteiger partial charge in [0.2, 0.25) is 0 Å². The molecule has 0 spiro atoms. The average Bonchev–Trinajstić information content (AvgIpc) is 3.18. The van der Waals surface area contributed by atoms with E-state index in [-0.39, 0.29) is 11.4 Å². The van der Waals surface area contributed by atoms with Crippen molar-refractivity contribution in [2.75, 3.05) is 16.9 Å². The molecule has 0 aliphatic heterocycles. The largest absolute Gasteiger partial charge is 0.319 e. The molecule has 8 nitrogen and oxygen atoms in total. The zero-order chi connectivity index (χ0) is 20.4. The van der Waals surface area contributed by atoms with Gasteiger partial charge in [0.05, 0.1) is 40.0 Å². The van der Waals surface area contributed by atoms with Crippen molar-refractivity contribution >= 4 is 46.6 Å². The van der Waals surface area contributed by atoms with Gasteiger partial charge in [-0.05, 0) is 31.4 Å². The number of aryl methyl sites for hydroxylation is 2. The standard InChI is InChI=1S/C18H19ClN6O2S/c1-10-14(8-20-24(10)2)22-18(27)16-15(9-21-25(16)3)23-17(26)12-7-11(28-4)5-6-13(12)19/h5-9H,1-4H3,(H,22,27)(H,23,26). The highest BCUT2D eigenvalue weighted by atomic mass is 35.5. The Kier molecular flexibility index (Phi) is 5.76. The van der Waals surface area contributed by atoms with Crippen LogP contribution in [0.2, 0.25) is 5.02 Å². The lowest BCUT2D eigenvalue weighted by Crippen LogP contribution is -2.20. The first-order valence-electron chi connectivity index (χ1n) is 8.28. The van der Waals surface area contributed by atoms with Gasteiger partial charge < -0.3 is 10.6 Å². The number of hydrogen-bond acceptors (Lipinski definition) is 5. The Balaban J connectivity index is 1.86. The molecule has 3 rings (SSSR count). The van der Waals surface area contributed by atoms with E-state index in [1.807, 2.05) is 19.2 Å². The average molecular weight is 419 g/mol. The molecule has 0 aliphatic rings. The van der Waals surface area contributed by atoms with Crippen LogP contribution < -0.4 is 10.6 Å².